The van der Waals surface area contributed by atoms with Gasteiger partial charge in [0.25, 0.3) is 0 Å². The van der Waals surface area contributed by atoms with Crippen LogP contribution in [0.1, 0.15) is 5.69 Å². The lowest BCUT2D eigenvalue weighted by molar-refractivity contribution is 0.183. The molecule has 7 heteroatoms. The molecule has 0 bridgehead atoms. The molecule has 1 aliphatic rings. The van der Waals surface area contributed by atoms with E-state index in [0.717, 1.165) is 11.5 Å². The topological polar surface area (TPSA) is 83.7 Å². The van der Waals surface area contributed by atoms with Crippen molar-refractivity contribution in [3.8, 4) is 17.7 Å². The van der Waals surface area contributed by atoms with Gasteiger partial charge < -0.3 is 10.1 Å². The molecule has 0 spiro atoms. The summed E-state index contributed by atoms with van der Waals surface area (Å²) in [6, 6.07) is 14.6. The second-order valence-corrected chi connectivity index (χ2v) is 6.30. The standard InChI is InChI=1S/C22H16FN5O/c23-22(11-3-1-5-16(22)15-24)20-21(27-14-13-26-20)29-18-9-7-17(8-10-18)28-19-6-2-4-12-25-19/h1-14,16H,(H,25,28). The van der Waals surface area contributed by atoms with E-state index in [2.05, 4.69) is 20.3 Å². The van der Waals surface area contributed by atoms with Crippen LogP contribution in [0.2, 0.25) is 0 Å². The molecule has 29 heavy (non-hydrogen) atoms. The fourth-order valence-electron chi connectivity index (χ4n) is 2.94. The molecule has 0 amide bonds. The molecule has 0 saturated carbocycles. The van der Waals surface area contributed by atoms with Gasteiger partial charge in [0.05, 0.1) is 6.07 Å². The predicted molar refractivity (Wildman–Crippen MR) is 106 cm³/mol. The molecule has 0 aliphatic heterocycles. The first kappa shape index (κ1) is 18.3. The van der Waals surface area contributed by atoms with Crippen LogP contribution in [0.25, 0.3) is 0 Å². The molecule has 2 atom stereocenters. The van der Waals surface area contributed by atoms with Crippen LogP contribution in [0.4, 0.5) is 15.9 Å². The van der Waals surface area contributed by atoms with E-state index in [0.29, 0.717) is 5.75 Å². The van der Waals surface area contributed by atoms with Crippen LogP contribution in [-0.4, -0.2) is 15.0 Å². The molecule has 142 valence electrons. The van der Waals surface area contributed by atoms with E-state index in [4.69, 9.17) is 4.74 Å². The van der Waals surface area contributed by atoms with Gasteiger partial charge in [-0.1, -0.05) is 24.3 Å². The number of hydrogen-bond acceptors (Lipinski definition) is 6. The molecule has 0 radical (unpaired) electrons. The van der Waals surface area contributed by atoms with E-state index in [1.54, 1.807) is 30.5 Å². The fraction of sp³-hybridized carbons (Fsp3) is 0.0909. The Morgan fingerprint density at radius 1 is 1.00 bits per heavy atom. The third-order valence-corrected chi connectivity index (χ3v) is 4.38. The van der Waals surface area contributed by atoms with Crippen molar-refractivity contribution in [1.82, 2.24) is 15.0 Å². The van der Waals surface area contributed by atoms with Crippen LogP contribution < -0.4 is 10.1 Å². The zero-order valence-electron chi connectivity index (χ0n) is 15.2. The normalized spacial score (nSPS) is 20.1. The van der Waals surface area contributed by atoms with Gasteiger partial charge in [-0.3, -0.25) is 4.98 Å². The number of rotatable bonds is 5. The van der Waals surface area contributed by atoms with Crippen molar-refractivity contribution in [3.05, 3.63) is 91.1 Å². The van der Waals surface area contributed by atoms with Crippen LogP contribution in [0, 0.1) is 17.2 Å². The number of nitrogens with one attached hydrogen (secondary N) is 1. The van der Waals surface area contributed by atoms with Crippen molar-refractivity contribution in [2.45, 2.75) is 5.67 Å². The molecule has 3 aromatic rings. The van der Waals surface area contributed by atoms with Gasteiger partial charge in [-0.2, -0.15) is 5.26 Å². The number of ether oxygens (including phenoxy) is 1. The molecular weight excluding hydrogens is 369 g/mol. The van der Waals surface area contributed by atoms with Crippen LogP contribution in [-0.2, 0) is 5.67 Å². The molecule has 6 nitrogen and oxygen atoms in total. The van der Waals surface area contributed by atoms with E-state index < -0.39 is 11.6 Å². The van der Waals surface area contributed by atoms with E-state index >= 15 is 4.39 Å². The zero-order valence-corrected chi connectivity index (χ0v) is 15.2. The minimum Gasteiger partial charge on any atom is -0.437 e. The molecule has 4 rings (SSSR count). The van der Waals surface area contributed by atoms with Crippen LogP contribution >= 0.6 is 0 Å². The third-order valence-electron chi connectivity index (χ3n) is 4.38. The summed E-state index contributed by atoms with van der Waals surface area (Å²) in [6.07, 6.45) is 10.5. The first-order valence-corrected chi connectivity index (χ1v) is 8.91. The van der Waals surface area contributed by atoms with Crippen molar-refractivity contribution < 1.29 is 9.13 Å². The van der Waals surface area contributed by atoms with Gasteiger partial charge in [0.2, 0.25) is 5.88 Å². The van der Waals surface area contributed by atoms with Crippen molar-refractivity contribution >= 4 is 11.5 Å². The molecule has 2 unspecified atom stereocenters. The largest absolute Gasteiger partial charge is 0.437 e. The highest BCUT2D eigenvalue weighted by atomic mass is 19.1. The molecule has 2 aromatic heterocycles. The highest BCUT2D eigenvalue weighted by molar-refractivity contribution is 5.57. The average Bonchev–Trinajstić information content (AvgIpc) is 2.76. The summed E-state index contributed by atoms with van der Waals surface area (Å²) in [7, 11) is 0. The lowest BCUT2D eigenvalue weighted by atomic mass is 9.83. The summed E-state index contributed by atoms with van der Waals surface area (Å²) < 4.78 is 21.5. The highest BCUT2D eigenvalue weighted by Gasteiger charge is 2.43. The summed E-state index contributed by atoms with van der Waals surface area (Å²) in [6.45, 7) is 0. The maximum Gasteiger partial charge on any atom is 0.244 e. The Morgan fingerprint density at radius 3 is 2.59 bits per heavy atom. The number of nitrogens with zero attached hydrogens (tertiary/aromatic N) is 4. The van der Waals surface area contributed by atoms with Gasteiger partial charge in [-0.25, -0.2) is 14.4 Å². The van der Waals surface area contributed by atoms with Crippen LogP contribution in [0.5, 0.6) is 11.6 Å². The average molecular weight is 385 g/mol. The second-order valence-electron chi connectivity index (χ2n) is 6.30. The Bertz CT molecular complexity index is 1090. The number of anilines is 2. The number of allylic oxidation sites excluding steroid dienone is 4. The molecule has 2 heterocycles. The van der Waals surface area contributed by atoms with Crippen molar-refractivity contribution in [3.63, 3.8) is 0 Å². The molecule has 1 N–H and O–H groups in total. The Morgan fingerprint density at radius 2 is 1.83 bits per heavy atom. The van der Waals surface area contributed by atoms with Gasteiger partial charge in [0.1, 0.15) is 23.2 Å². The summed E-state index contributed by atoms with van der Waals surface area (Å²) >= 11 is 0. The van der Waals surface area contributed by atoms with Crippen molar-refractivity contribution in [2.24, 2.45) is 5.92 Å². The number of nitriles is 1. The predicted octanol–water partition coefficient (Wildman–Crippen LogP) is 4.84. The van der Waals surface area contributed by atoms with Gasteiger partial charge in [-0.05, 0) is 42.5 Å². The number of aromatic nitrogens is 3. The van der Waals surface area contributed by atoms with Gasteiger partial charge in [0.15, 0.2) is 5.67 Å². The first-order chi connectivity index (χ1) is 14.2. The third kappa shape index (κ3) is 3.82. The fourth-order valence-corrected chi connectivity index (χ4v) is 2.94. The second kappa shape index (κ2) is 7.90. The SMILES string of the molecule is N#CC1C=CC=CC1(F)c1nccnc1Oc1ccc(Nc2ccccn2)cc1. The lowest BCUT2D eigenvalue weighted by Crippen LogP contribution is -2.29. The summed E-state index contributed by atoms with van der Waals surface area (Å²) in [5, 5.41) is 12.5. The maximum atomic E-state index is 15.7. The number of hydrogen-bond donors (Lipinski definition) is 1. The van der Waals surface area contributed by atoms with Gasteiger partial charge in [-0.15, -0.1) is 0 Å². The Balaban J connectivity index is 1.57. The molecule has 1 aromatic carbocycles. The van der Waals surface area contributed by atoms with E-state index in [1.807, 2.05) is 36.4 Å². The van der Waals surface area contributed by atoms with Crippen molar-refractivity contribution in [2.75, 3.05) is 5.32 Å². The van der Waals surface area contributed by atoms with E-state index in [-0.39, 0.29) is 11.6 Å². The minimum atomic E-state index is -2.12. The molecule has 1 aliphatic carbocycles. The quantitative estimate of drug-likeness (QED) is 0.677. The summed E-state index contributed by atoms with van der Waals surface area (Å²) in [5.74, 6) is 0.180. The number of halogens is 1. The number of alkyl halides is 1. The number of pyridine rings is 1. The summed E-state index contributed by atoms with van der Waals surface area (Å²) in [4.78, 5) is 12.5. The highest BCUT2D eigenvalue weighted by Crippen LogP contribution is 2.41. The Kier molecular flexibility index (Phi) is 4.99. The van der Waals surface area contributed by atoms with Gasteiger partial charge >= 0.3 is 0 Å². The van der Waals surface area contributed by atoms with E-state index in [1.165, 1.54) is 24.5 Å². The Labute approximate surface area is 167 Å². The van der Waals surface area contributed by atoms with Crippen LogP contribution in [0.3, 0.4) is 0 Å². The maximum absolute atomic E-state index is 15.7. The van der Waals surface area contributed by atoms with Gasteiger partial charge in [0, 0.05) is 24.3 Å². The van der Waals surface area contributed by atoms with Crippen LogP contribution in [0.15, 0.2) is 85.4 Å². The molecule has 0 saturated heterocycles. The lowest BCUT2D eigenvalue weighted by Gasteiger charge is -2.26. The number of benzene rings is 1. The molecular formula is C22H16FN5O. The smallest absolute Gasteiger partial charge is 0.244 e. The minimum absolute atomic E-state index is 0.0145. The molecule has 0 fully saturated rings. The zero-order chi connectivity index (χ0) is 20.1. The monoisotopic (exact) mass is 385 g/mol. The van der Waals surface area contributed by atoms with Crippen molar-refractivity contribution in [1.29, 1.82) is 5.26 Å². The Hall–Kier alpha value is -4.05. The summed E-state index contributed by atoms with van der Waals surface area (Å²) in [5.41, 5.74) is -1.33. The first-order valence-electron chi connectivity index (χ1n) is 8.91. The van der Waals surface area contributed by atoms with E-state index in [9.17, 15) is 5.26 Å².